The number of carbonyl (C=O) groups excluding carboxylic acids is 3. The highest BCUT2D eigenvalue weighted by Crippen LogP contribution is 2.12. The Morgan fingerprint density at radius 1 is 1.00 bits per heavy atom. The van der Waals surface area contributed by atoms with Crippen molar-refractivity contribution < 1.29 is 27.5 Å². The number of imide groups is 1. The second kappa shape index (κ2) is 9.80. The van der Waals surface area contributed by atoms with Gasteiger partial charge in [0.25, 0.3) is 5.91 Å². The van der Waals surface area contributed by atoms with Crippen molar-refractivity contribution in [2.45, 2.75) is 24.8 Å². The fourth-order valence-electron chi connectivity index (χ4n) is 2.22. The van der Waals surface area contributed by atoms with Gasteiger partial charge in [-0.25, -0.2) is 22.7 Å². The molecule has 2 aromatic carbocycles. The zero-order valence-electron chi connectivity index (χ0n) is 15.8. The maximum atomic E-state index is 12.2. The molecule has 3 amide bonds. The normalized spacial score (nSPS) is 11.9. The summed E-state index contributed by atoms with van der Waals surface area (Å²) in [5.74, 6) is -1.64. The molecule has 0 aliphatic rings. The summed E-state index contributed by atoms with van der Waals surface area (Å²) in [6, 6.07) is 12.8. The number of para-hydroxylation sites is 1. The maximum absolute atomic E-state index is 12.2. The Hall–Kier alpha value is -3.24. The number of nitrogens with one attached hydrogen (secondary N) is 3. The number of anilines is 1. The van der Waals surface area contributed by atoms with Crippen molar-refractivity contribution in [3.05, 3.63) is 60.2 Å². The lowest BCUT2D eigenvalue weighted by atomic mass is 10.2. The number of amides is 3. The van der Waals surface area contributed by atoms with Gasteiger partial charge in [0.05, 0.1) is 10.5 Å². The fourth-order valence-corrected chi connectivity index (χ4v) is 3.26. The van der Waals surface area contributed by atoms with Gasteiger partial charge in [0, 0.05) is 12.2 Å². The second-order valence-electron chi connectivity index (χ2n) is 5.88. The van der Waals surface area contributed by atoms with Gasteiger partial charge in [0.15, 0.2) is 6.10 Å². The van der Waals surface area contributed by atoms with E-state index in [1.54, 1.807) is 37.3 Å². The second-order valence-corrected chi connectivity index (χ2v) is 7.65. The number of hydrogen-bond acceptors (Lipinski definition) is 6. The Kier molecular flexibility index (Phi) is 7.46. The molecular weight excluding hydrogens is 398 g/mol. The van der Waals surface area contributed by atoms with E-state index in [4.69, 9.17) is 4.74 Å². The van der Waals surface area contributed by atoms with Gasteiger partial charge >= 0.3 is 12.0 Å². The van der Waals surface area contributed by atoms with Crippen LogP contribution in [0.25, 0.3) is 0 Å². The number of urea groups is 1. The predicted octanol–water partition coefficient (Wildman–Crippen LogP) is 1.88. The van der Waals surface area contributed by atoms with Crippen molar-refractivity contribution in [1.82, 2.24) is 10.0 Å². The van der Waals surface area contributed by atoms with Crippen LogP contribution in [-0.4, -0.2) is 39.0 Å². The third-order valence-electron chi connectivity index (χ3n) is 3.66. The number of esters is 1. The van der Waals surface area contributed by atoms with Gasteiger partial charge in [-0.3, -0.25) is 10.1 Å². The van der Waals surface area contributed by atoms with Gasteiger partial charge in [0.2, 0.25) is 10.0 Å². The molecule has 1 atom stereocenters. The molecule has 0 saturated carbocycles. The van der Waals surface area contributed by atoms with Gasteiger partial charge in [-0.1, -0.05) is 25.1 Å². The first-order valence-electron chi connectivity index (χ1n) is 8.70. The maximum Gasteiger partial charge on any atom is 0.338 e. The summed E-state index contributed by atoms with van der Waals surface area (Å²) in [6.07, 6.45) is -1.24. The van der Waals surface area contributed by atoms with Crippen molar-refractivity contribution in [3.8, 4) is 0 Å². The molecule has 1 unspecified atom stereocenters. The molecule has 0 radical (unpaired) electrons. The van der Waals surface area contributed by atoms with Crippen LogP contribution in [0, 0.1) is 0 Å². The number of ether oxygens (including phenoxy) is 1. The van der Waals surface area contributed by atoms with Gasteiger partial charge < -0.3 is 10.1 Å². The monoisotopic (exact) mass is 419 g/mol. The number of carbonyl (C=O) groups is 3. The number of sulfonamides is 1. The van der Waals surface area contributed by atoms with Crippen LogP contribution in [0.15, 0.2) is 59.5 Å². The minimum Gasteiger partial charge on any atom is -0.449 e. The quantitative estimate of drug-likeness (QED) is 0.588. The fraction of sp³-hybridized carbons (Fsp3) is 0.211. The molecule has 0 aromatic heterocycles. The molecule has 0 heterocycles. The highest BCUT2D eigenvalue weighted by Gasteiger charge is 2.21. The van der Waals surface area contributed by atoms with Crippen LogP contribution in [0.1, 0.15) is 24.2 Å². The van der Waals surface area contributed by atoms with E-state index in [1.165, 1.54) is 31.2 Å². The molecule has 0 fully saturated rings. The van der Waals surface area contributed by atoms with Gasteiger partial charge in [-0.2, -0.15) is 0 Å². The van der Waals surface area contributed by atoms with Crippen LogP contribution in [-0.2, 0) is 19.6 Å². The summed E-state index contributed by atoms with van der Waals surface area (Å²) in [5, 5.41) is 4.54. The van der Waals surface area contributed by atoms with Crippen molar-refractivity contribution in [3.63, 3.8) is 0 Å². The lowest BCUT2D eigenvalue weighted by molar-refractivity contribution is -0.127. The first kappa shape index (κ1) is 22.1. The first-order valence-corrected chi connectivity index (χ1v) is 10.2. The van der Waals surface area contributed by atoms with Crippen molar-refractivity contribution in [2.75, 3.05) is 11.9 Å². The molecule has 2 aromatic rings. The number of hydrogen-bond donors (Lipinski definition) is 3. The molecule has 0 bridgehead atoms. The molecule has 3 N–H and O–H groups in total. The molecule has 2 rings (SSSR count). The minimum atomic E-state index is -3.64. The van der Waals surface area contributed by atoms with Gasteiger partial charge in [-0.05, 0) is 43.3 Å². The third-order valence-corrected chi connectivity index (χ3v) is 5.22. The molecular formula is C19H21N3O6S. The van der Waals surface area contributed by atoms with Crippen LogP contribution < -0.4 is 15.4 Å². The largest absolute Gasteiger partial charge is 0.449 e. The Labute approximate surface area is 168 Å². The van der Waals surface area contributed by atoms with E-state index in [0.29, 0.717) is 5.69 Å². The topological polar surface area (TPSA) is 131 Å². The van der Waals surface area contributed by atoms with E-state index in [9.17, 15) is 22.8 Å². The van der Waals surface area contributed by atoms with Gasteiger partial charge in [-0.15, -0.1) is 0 Å². The van der Waals surface area contributed by atoms with Crippen LogP contribution in [0.5, 0.6) is 0 Å². The van der Waals surface area contributed by atoms with Crippen LogP contribution in [0.3, 0.4) is 0 Å². The summed E-state index contributed by atoms with van der Waals surface area (Å²) in [7, 11) is -3.64. The van der Waals surface area contributed by atoms with Crippen LogP contribution in [0.4, 0.5) is 10.5 Å². The average Bonchev–Trinajstić information content (AvgIpc) is 2.68. The smallest absolute Gasteiger partial charge is 0.338 e. The number of rotatable bonds is 7. The summed E-state index contributed by atoms with van der Waals surface area (Å²) >= 11 is 0. The van der Waals surface area contributed by atoms with E-state index in [0.717, 1.165) is 0 Å². The van der Waals surface area contributed by atoms with Gasteiger partial charge in [0.1, 0.15) is 0 Å². The summed E-state index contributed by atoms with van der Waals surface area (Å²) in [4.78, 5) is 36.0. The van der Waals surface area contributed by atoms with E-state index in [1.807, 2.05) is 0 Å². The minimum absolute atomic E-state index is 0.000672. The van der Waals surface area contributed by atoms with E-state index < -0.39 is 34.0 Å². The lowest BCUT2D eigenvalue weighted by Crippen LogP contribution is -2.41. The zero-order valence-corrected chi connectivity index (χ0v) is 16.7. The third kappa shape index (κ3) is 6.40. The molecule has 29 heavy (non-hydrogen) atoms. The van der Waals surface area contributed by atoms with E-state index in [2.05, 4.69) is 15.4 Å². The SMILES string of the molecule is CCNS(=O)(=O)c1ccc(C(=O)OC(C)C(=O)NC(=O)Nc2ccccc2)cc1. The van der Waals surface area contributed by atoms with Crippen molar-refractivity contribution in [2.24, 2.45) is 0 Å². The first-order chi connectivity index (χ1) is 13.7. The number of benzene rings is 2. The lowest BCUT2D eigenvalue weighted by Gasteiger charge is -2.13. The molecule has 0 aliphatic carbocycles. The van der Waals surface area contributed by atoms with Crippen LogP contribution in [0.2, 0.25) is 0 Å². The molecule has 0 saturated heterocycles. The molecule has 0 spiro atoms. The zero-order chi connectivity index (χ0) is 21.4. The van der Waals surface area contributed by atoms with Crippen molar-refractivity contribution in [1.29, 1.82) is 0 Å². The molecule has 9 nitrogen and oxygen atoms in total. The van der Waals surface area contributed by atoms with E-state index >= 15 is 0 Å². The predicted molar refractivity (Wildman–Crippen MR) is 106 cm³/mol. The Bertz CT molecular complexity index is 975. The van der Waals surface area contributed by atoms with Crippen LogP contribution >= 0.6 is 0 Å². The highest BCUT2D eigenvalue weighted by atomic mass is 32.2. The summed E-state index contributed by atoms with van der Waals surface area (Å²) < 4.78 is 31.2. The molecule has 0 aliphatic heterocycles. The molecule has 10 heteroatoms. The molecule has 154 valence electrons. The average molecular weight is 419 g/mol. The summed E-state index contributed by atoms with van der Waals surface area (Å²) in [6.45, 7) is 3.19. The summed E-state index contributed by atoms with van der Waals surface area (Å²) in [5.41, 5.74) is 0.559. The van der Waals surface area contributed by atoms with Crippen molar-refractivity contribution >= 4 is 33.6 Å². The highest BCUT2D eigenvalue weighted by molar-refractivity contribution is 7.89. The Morgan fingerprint density at radius 2 is 1.62 bits per heavy atom. The van der Waals surface area contributed by atoms with E-state index in [-0.39, 0.29) is 17.0 Å². The Balaban J connectivity index is 1.92. The standard InChI is InChI=1S/C19H21N3O6S/c1-3-20-29(26,27)16-11-9-14(10-12-16)18(24)28-13(2)17(23)22-19(25)21-15-7-5-4-6-8-15/h4-13,20H,3H2,1-2H3,(H2,21,22,23,25). The Morgan fingerprint density at radius 3 is 2.21 bits per heavy atom.